The van der Waals surface area contributed by atoms with Gasteiger partial charge >= 0.3 is 0 Å². The highest BCUT2D eigenvalue weighted by Crippen LogP contribution is 2.24. The average molecular weight is 350 g/mol. The van der Waals surface area contributed by atoms with Gasteiger partial charge in [0, 0.05) is 11.7 Å². The molecule has 0 fully saturated rings. The summed E-state index contributed by atoms with van der Waals surface area (Å²) in [6.45, 7) is 4.28. The lowest BCUT2D eigenvalue weighted by molar-refractivity contribution is 0.619. The Balaban J connectivity index is 2.01. The lowest BCUT2D eigenvalue weighted by Gasteiger charge is -2.16. The van der Waals surface area contributed by atoms with E-state index < -0.39 is 0 Å². The fourth-order valence-corrected chi connectivity index (χ4v) is 2.66. The average Bonchev–Trinajstić information content (AvgIpc) is 2.49. The Labute approximate surface area is 134 Å². The fraction of sp³-hybridized carbons (Fsp3) is 0.333. The van der Waals surface area contributed by atoms with Gasteiger partial charge in [-0.05, 0) is 71.1 Å². The maximum Gasteiger partial charge on any atom is 0.137 e. The summed E-state index contributed by atoms with van der Waals surface area (Å²) in [7, 11) is 0. The molecule has 0 heterocycles. The molecular weight excluding hydrogens is 329 g/mol. The molecule has 3 heteroatoms. The fourth-order valence-electron chi connectivity index (χ4n) is 2.26. The van der Waals surface area contributed by atoms with Gasteiger partial charge in [0.2, 0.25) is 0 Å². The molecule has 0 aliphatic rings. The smallest absolute Gasteiger partial charge is 0.137 e. The van der Waals surface area contributed by atoms with E-state index in [2.05, 4.69) is 59.4 Å². The van der Waals surface area contributed by atoms with Gasteiger partial charge in [-0.2, -0.15) is 0 Å². The molecule has 0 aliphatic heterocycles. The van der Waals surface area contributed by atoms with Gasteiger partial charge < -0.3 is 5.32 Å². The van der Waals surface area contributed by atoms with Crippen molar-refractivity contribution in [3.63, 3.8) is 0 Å². The summed E-state index contributed by atoms with van der Waals surface area (Å²) in [5, 5.41) is 3.44. The van der Waals surface area contributed by atoms with Gasteiger partial charge in [-0.15, -0.1) is 0 Å². The number of rotatable bonds is 6. The van der Waals surface area contributed by atoms with E-state index >= 15 is 0 Å². The second kappa shape index (κ2) is 7.60. The van der Waals surface area contributed by atoms with E-state index in [1.165, 1.54) is 24.5 Å². The maximum absolute atomic E-state index is 13.3. The Morgan fingerprint density at radius 2 is 1.86 bits per heavy atom. The number of hydrogen-bond acceptors (Lipinski definition) is 1. The summed E-state index contributed by atoms with van der Waals surface area (Å²) in [4.78, 5) is 0. The molecule has 0 amide bonds. The Bertz CT molecular complexity index is 580. The van der Waals surface area contributed by atoms with Crippen molar-refractivity contribution in [3.8, 4) is 0 Å². The highest BCUT2D eigenvalue weighted by molar-refractivity contribution is 9.10. The van der Waals surface area contributed by atoms with Crippen LogP contribution in [0.1, 0.15) is 43.9 Å². The molecule has 2 aromatic carbocycles. The van der Waals surface area contributed by atoms with Crippen molar-refractivity contribution in [2.75, 3.05) is 5.32 Å². The zero-order valence-corrected chi connectivity index (χ0v) is 14.1. The first-order valence-electron chi connectivity index (χ1n) is 7.40. The van der Waals surface area contributed by atoms with Crippen LogP contribution in [0.4, 0.5) is 10.1 Å². The van der Waals surface area contributed by atoms with Crippen LogP contribution in [0.25, 0.3) is 0 Å². The zero-order valence-electron chi connectivity index (χ0n) is 12.5. The SMILES string of the molecule is CCCCc1ccc(NC(C)c2ccc(F)c(Br)c2)cc1. The molecule has 0 spiro atoms. The van der Waals surface area contributed by atoms with Crippen LogP contribution in [0.3, 0.4) is 0 Å². The van der Waals surface area contributed by atoms with Crippen LogP contribution in [0, 0.1) is 5.82 Å². The van der Waals surface area contributed by atoms with E-state index in [1.54, 1.807) is 0 Å². The van der Waals surface area contributed by atoms with Crippen molar-refractivity contribution in [2.45, 2.75) is 39.2 Å². The second-order valence-corrected chi connectivity index (χ2v) is 6.19. The minimum atomic E-state index is -0.230. The maximum atomic E-state index is 13.3. The molecule has 1 nitrogen and oxygen atoms in total. The molecule has 1 unspecified atom stereocenters. The summed E-state index contributed by atoms with van der Waals surface area (Å²) in [5.74, 6) is -0.230. The minimum absolute atomic E-state index is 0.128. The van der Waals surface area contributed by atoms with Gasteiger partial charge in [0.1, 0.15) is 5.82 Å². The summed E-state index contributed by atoms with van der Waals surface area (Å²) >= 11 is 3.23. The summed E-state index contributed by atoms with van der Waals surface area (Å²) < 4.78 is 13.8. The summed E-state index contributed by atoms with van der Waals surface area (Å²) in [6, 6.07) is 13.8. The second-order valence-electron chi connectivity index (χ2n) is 5.34. The Morgan fingerprint density at radius 3 is 2.48 bits per heavy atom. The Kier molecular flexibility index (Phi) is 5.80. The van der Waals surface area contributed by atoms with Crippen molar-refractivity contribution in [1.29, 1.82) is 0 Å². The van der Waals surface area contributed by atoms with Crippen molar-refractivity contribution in [2.24, 2.45) is 0 Å². The third-order valence-electron chi connectivity index (χ3n) is 3.60. The van der Waals surface area contributed by atoms with Gasteiger partial charge in [-0.1, -0.05) is 31.5 Å². The molecule has 1 N–H and O–H groups in total. The van der Waals surface area contributed by atoms with E-state index in [1.807, 2.05) is 12.1 Å². The first-order valence-corrected chi connectivity index (χ1v) is 8.20. The predicted octanol–water partition coefficient (Wildman–Crippen LogP) is 6.10. The van der Waals surface area contributed by atoms with Gasteiger partial charge in [0.15, 0.2) is 0 Å². The predicted molar refractivity (Wildman–Crippen MR) is 91.2 cm³/mol. The first-order chi connectivity index (χ1) is 10.1. The molecule has 21 heavy (non-hydrogen) atoms. The number of benzene rings is 2. The minimum Gasteiger partial charge on any atom is -0.379 e. The van der Waals surface area contributed by atoms with Crippen molar-refractivity contribution in [3.05, 3.63) is 63.9 Å². The van der Waals surface area contributed by atoms with Crippen LogP contribution < -0.4 is 5.32 Å². The number of unbranched alkanes of at least 4 members (excludes halogenated alkanes) is 1. The van der Waals surface area contributed by atoms with Gasteiger partial charge in [-0.3, -0.25) is 0 Å². The van der Waals surface area contributed by atoms with E-state index in [0.29, 0.717) is 4.47 Å². The van der Waals surface area contributed by atoms with Crippen LogP contribution in [0.2, 0.25) is 0 Å². The Hall–Kier alpha value is -1.35. The van der Waals surface area contributed by atoms with Crippen molar-refractivity contribution >= 4 is 21.6 Å². The monoisotopic (exact) mass is 349 g/mol. The standard InChI is InChI=1S/C18H21BrFN/c1-3-4-5-14-6-9-16(10-7-14)21-13(2)15-8-11-18(20)17(19)12-15/h6-13,21H,3-5H2,1-2H3. The number of hydrogen-bond donors (Lipinski definition) is 1. The molecule has 2 rings (SSSR count). The molecule has 0 radical (unpaired) electrons. The third kappa shape index (κ3) is 4.57. The van der Waals surface area contributed by atoms with Crippen molar-refractivity contribution < 1.29 is 4.39 Å². The van der Waals surface area contributed by atoms with E-state index in [0.717, 1.165) is 17.7 Å². The van der Waals surface area contributed by atoms with Crippen LogP contribution >= 0.6 is 15.9 Å². The molecule has 1 atom stereocenters. The normalized spacial score (nSPS) is 12.2. The lowest BCUT2D eigenvalue weighted by Crippen LogP contribution is -2.06. The Morgan fingerprint density at radius 1 is 1.14 bits per heavy atom. The van der Waals surface area contributed by atoms with E-state index in [-0.39, 0.29) is 11.9 Å². The molecule has 0 aliphatic carbocycles. The lowest BCUT2D eigenvalue weighted by atomic mass is 10.1. The topological polar surface area (TPSA) is 12.0 Å². The quantitative estimate of drug-likeness (QED) is 0.663. The molecule has 0 aromatic heterocycles. The van der Waals surface area contributed by atoms with Gasteiger partial charge in [-0.25, -0.2) is 4.39 Å². The molecule has 0 saturated carbocycles. The van der Waals surface area contributed by atoms with E-state index in [4.69, 9.17) is 0 Å². The number of halogens is 2. The van der Waals surface area contributed by atoms with Crippen LogP contribution in [0.5, 0.6) is 0 Å². The first kappa shape index (κ1) is 16.0. The molecular formula is C18H21BrFN. The molecule has 0 saturated heterocycles. The van der Waals surface area contributed by atoms with Crippen molar-refractivity contribution in [1.82, 2.24) is 0 Å². The number of nitrogens with one attached hydrogen (secondary N) is 1. The van der Waals surface area contributed by atoms with Crippen LogP contribution in [-0.2, 0) is 6.42 Å². The third-order valence-corrected chi connectivity index (χ3v) is 4.21. The largest absolute Gasteiger partial charge is 0.379 e. The zero-order chi connectivity index (χ0) is 15.2. The molecule has 0 bridgehead atoms. The molecule has 2 aromatic rings. The van der Waals surface area contributed by atoms with Crippen LogP contribution in [0.15, 0.2) is 46.9 Å². The van der Waals surface area contributed by atoms with Gasteiger partial charge in [0.05, 0.1) is 4.47 Å². The number of aryl methyl sites for hydroxylation is 1. The highest BCUT2D eigenvalue weighted by Gasteiger charge is 2.08. The van der Waals surface area contributed by atoms with Crippen LogP contribution in [-0.4, -0.2) is 0 Å². The number of anilines is 1. The van der Waals surface area contributed by atoms with E-state index in [9.17, 15) is 4.39 Å². The highest BCUT2D eigenvalue weighted by atomic mass is 79.9. The molecule has 112 valence electrons. The summed E-state index contributed by atoms with van der Waals surface area (Å²) in [6.07, 6.45) is 3.58. The summed E-state index contributed by atoms with van der Waals surface area (Å²) in [5.41, 5.74) is 3.51. The van der Waals surface area contributed by atoms with Gasteiger partial charge in [0.25, 0.3) is 0 Å².